The molecule has 1 aliphatic heterocycles. The number of carbonyl (C=O) groups excluding carboxylic acids is 2. The lowest BCUT2D eigenvalue weighted by Crippen LogP contribution is -2.33. The van der Waals surface area contributed by atoms with Crippen LogP contribution >= 0.6 is 0 Å². The van der Waals surface area contributed by atoms with Gasteiger partial charge in [-0.3, -0.25) is 4.79 Å². The smallest absolute Gasteiger partial charge is 0.409 e. The summed E-state index contributed by atoms with van der Waals surface area (Å²) in [6, 6.07) is 0. The van der Waals surface area contributed by atoms with Crippen LogP contribution < -0.4 is 0 Å². The first-order valence-electron chi connectivity index (χ1n) is 28.2. The van der Waals surface area contributed by atoms with Crippen LogP contribution in [0.3, 0.4) is 0 Å². The van der Waals surface area contributed by atoms with Gasteiger partial charge in [0.05, 0.1) is 19.1 Å². The predicted octanol–water partition coefficient (Wildman–Crippen LogP) is 17.2. The number of esters is 1. The summed E-state index contributed by atoms with van der Waals surface area (Å²) < 4.78 is 11.6. The number of ether oxygens (including phenoxy) is 2. The monoisotopic (exact) mass is 885 g/mol. The normalized spacial score (nSPS) is 18.0. The van der Waals surface area contributed by atoms with Crippen molar-refractivity contribution in [2.24, 2.45) is 23.2 Å². The largest absolute Gasteiger partial charge is 0.465 e. The Morgan fingerprint density at radius 2 is 1.08 bits per heavy atom. The van der Waals surface area contributed by atoms with Gasteiger partial charge in [-0.1, -0.05) is 207 Å². The molecule has 3 aliphatic rings. The average Bonchev–Trinajstić information content (AvgIpc) is 4.25. The molecule has 2 saturated carbocycles. The van der Waals surface area contributed by atoms with Crippen molar-refractivity contribution in [2.75, 3.05) is 45.9 Å². The molecule has 3 rings (SSSR count). The highest BCUT2D eigenvalue weighted by molar-refractivity contribution is 5.72. The molecule has 0 aromatic rings. The summed E-state index contributed by atoms with van der Waals surface area (Å²) in [7, 11) is 0. The average molecular weight is 886 g/mol. The molecule has 0 N–H and O–H groups in total. The lowest BCUT2D eigenvalue weighted by Gasteiger charge is -2.29. The number of likely N-dealkylation sites (tertiary alicyclic amines) is 1. The summed E-state index contributed by atoms with van der Waals surface area (Å²) >= 11 is 0. The minimum Gasteiger partial charge on any atom is -0.465 e. The van der Waals surface area contributed by atoms with E-state index in [0.29, 0.717) is 13.2 Å². The Morgan fingerprint density at radius 1 is 0.603 bits per heavy atom. The summed E-state index contributed by atoms with van der Waals surface area (Å²) in [6.45, 7) is 21.5. The van der Waals surface area contributed by atoms with Gasteiger partial charge < -0.3 is 19.3 Å². The van der Waals surface area contributed by atoms with Crippen molar-refractivity contribution < 1.29 is 19.1 Å². The summed E-state index contributed by atoms with van der Waals surface area (Å²) in [4.78, 5) is 30.4. The van der Waals surface area contributed by atoms with E-state index in [2.05, 4.69) is 53.4 Å². The second-order valence-corrected chi connectivity index (χ2v) is 20.8. The van der Waals surface area contributed by atoms with E-state index in [1.54, 1.807) is 11.1 Å². The number of allylic oxidation sites excluding steroid dienone is 2. The molecule has 2 aliphatic carbocycles. The van der Waals surface area contributed by atoms with Crippen molar-refractivity contribution in [3.8, 4) is 0 Å². The lowest BCUT2D eigenvalue weighted by atomic mass is 9.78. The molecular formula is C57H108N2O4. The third-order valence-corrected chi connectivity index (χ3v) is 15.2. The molecule has 3 fully saturated rings. The maximum absolute atomic E-state index is 13.2. The number of nitrogens with zero attached hydrogens (tertiary/aromatic N) is 2. The highest BCUT2D eigenvalue weighted by Gasteiger charge is 2.40. The molecule has 370 valence electrons. The minimum atomic E-state index is -0.143. The Bertz CT molecular complexity index is 1140. The van der Waals surface area contributed by atoms with Gasteiger partial charge in [-0.05, 0) is 108 Å². The van der Waals surface area contributed by atoms with E-state index in [-0.39, 0.29) is 23.4 Å². The molecule has 3 unspecified atom stereocenters. The van der Waals surface area contributed by atoms with Gasteiger partial charge in [-0.25, -0.2) is 4.79 Å². The van der Waals surface area contributed by atoms with Crippen molar-refractivity contribution >= 4 is 12.1 Å². The van der Waals surface area contributed by atoms with Gasteiger partial charge in [0.2, 0.25) is 0 Å². The summed E-state index contributed by atoms with van der Waals surface area (Å²) in [6.07, 6.45) is 44.7. The van der Waals surface area contributed by atoms with Crippen LogP contribution in [-0.4, -0.2) is 67.8 Å². The molecule has 0 radical (unpaired) electrons. The van der Waals surface area contributed by atoms with Crippen LogP contribution in [0.5, 0.6) is 0 Å². The fourth-order valence-electron chi connectivity index (χ4n) is 10.3. The van der Waals surface area contributed by atoms with Gasteiger partial charge in [0.25, 0.3) is 0 Å². The lowest BCUT2D eigenvalue weighted by molar-refractivity contribution is -0.149. The number of unbranched alkanes of at least 4 members (excludes halogenated alkanes) is 16. The zero-order valence-corrected chi connectivity index (χ0v) is 43.5. The molecule has 1 heterocycles. The molecule has 6 heteroatoms. The van der Waals surface area contributed by atoms with Crippen molar-refractivity contribution in [3.05, 3.63) is 11.1 Å². The zero-order valence-electron chi connectivity index (χ0n) is 43.5. The quantitative estimate of drug-likeness (QED) is 0.0349. The Hall–Kier alpha value is -1.56. The SMILES string of the molecule is CCCCCCCCC(CCCCCC)C(=O)OCCCC1(CCCC2CC2)CCN(C(=O)OCCCN(CC)CC)C1.CCCCCCCCC(CCCCCC)C(C)=C1CC1. The number of amides is 1. The maximum atomic E-state index is 13.2. The third kappa shape index (κ3) is 28.3. The number of hydrogen-bond donors (Lipinski definition) is 0. The van der Waals surface area contributed by atoms with E-state index >= 15 is 0 Å². The predicted molar refractivity (Wildman–Crippen MR) is 272 cm³/mol. The number of hydrogen-bond acceptors (Lipinski definition) is 5. The topological polar surface area (TPSA) is 59.1 Å². The molecule has 0 aromatic heterocycles. The van der Waals surface area contributed by atoms with E-state index in [0.717, 1.165) is 95.9 Å². The number of rotatable bonds is 40. The first-order chi connectivity index (χ1) is 30.8. The van der Waals surface area contributed by atoms with Crippen LogP contribution in [0.25, 0.3) is 0 Å². The van der Waals surface area contributed by atoms with Crippen LogP contribution in [-0.2, 0) is 14.3 Å². The number of carbonyl (C=O) groups is 2. The molecule has 1 saturated heterocycles. The van der Waals surface area contributed by atoms with Gasteiger partial charge in [0.15, 0.2) is 0 Å². The second kappa shape index (κ2) is 37.5. The zero-order chi connectivity index (χ0) is 45.8. The third-order valence-electron chi connectivity index (χ3n) is 15.2. The standard InChI is InChI=1S/C37H70N2O4.C20H38/c1-5-9-11-13-14-16-22-34(21-15-12-10-6-2)35(40)42-30-18-26-37(25-17-20-33-23-24-33)27-29-39(32-37)36(41)43-31-19-28-38(7-3)8-4;1-4-6-8-10-11-13-15-19(14-12-9-7-5-2)18(3)20-16-17-20/h33-34H,5-32H2,1-4H3;19H,4-17H2,1-3H3. The van der Waals surface area contributed by atoms with E-state index in [9.17, 15) is 9.59 Å². The molecular weight excluding hydrogens is 777 g/mol. The van der Waals surface area contributed by atoms with Crippen molar-refractivity contribution in [1.82, 2.24) is 9.80 Å². The first-order valence-corrected chi connectivity index (χ1v) is 28.2. The second-order valence-electron chi connectivity index (χ2n) is 20.8. The Morgan fingerprint density at radius 3 is 1.59 bits per heavy atom. The molecule has 0 aromatic carbocycles. The highest BCUT2D eigenvalue weighted by atomic mass is 16.6. The summed E-state index contributed by atoms with van der Waals surface area (Å²) in [5.41, 5.74) is 3.73. The van der Waals surface area contributed by atoms with Gasteiger partial charge in [-0.2, -0.15) is 0 Å². The van der Waals surface area contributed by atoms with Gasteiger partial charge in [0, 0.05) is 19.6 Å². The van der Waals surface area contributed by atoms with E-state index in [1.807, 2.05) is 4.90 Å². The Labute approximate surface area is 393 Å². The highest BCUT2D eigenvalue weighted by Crippen LogP contribution is 2.43. The molecule has 0 spiro atoms. The van der Waals surface area contributed by atoms with Crippen LogP contribution in [0.15, 0.2) is 11.1 Å². The fraction of sp³-hybridized carbons (Fsp3) is 0.930. The Kier molecular flexibility index (Phi) is 34.3. The molecule has 1 amide bonds. The summed E-state index contributed by atoms with van der Waals surface area (Å²) in [5.74, 6) is 1.96. The van der Waals surface area contributed by atoms with Crippen LogP contribution in [0.2, 0.25) is 0 Å². The van der Waals surface area contributed by atoms with Crippen molar-refractivity contribution in [3.63, 3.8) is 0 Å². The van der Waals surface area contributed by atoms with Gasteiger partial charge >= 0.3 is 12.1 Å². The van der Waals surface area contributed by atoms with Crippen molar-refractivity contribution in [2.45, 2.75) is 273 Å². The van der Waals surface area contributed by atoms with Crippen molar-refractivity contribution in [1.29, 1.82) is 0 Å². The fourth-order valence-corrected chi connectivity index (χ4v) is 10.3. The first kappa shape index (κ1) is 57.6. The molecule has 63 heavy (non-hydrogen) atoms. The molecule has 3 atom stereocenters. The summed E-state index contributed by atoms with van der Waals surface area (Å²) in [5, 5.41) is 0. The Balaban J connectivity index is 0.000000569. The van der Waals surface area contributed by atoms with Crippen LogP contribution in [0, 0.1) is 23.2 Å². The van der Waals surface area contributed by atoms with E-state index in [1.165, 1.54) is 173 Å². The molecule has 6 nitrogen and oxygen atoms in total. The van der Waals surface area contributed by atoms with Crippen LogP contribution in [0.4, 0.5) is 4.79 Å². The molecule has 0 bridgehead atoms. The minimum absolute atomic E-state index is 0.0363. The van der Waals surface area contributed by atoms with Gasteiger partial charge in [0.1, 0.15) is 0 Å². The van der Waals surface area contributed by atoms with Crippen LogP contribution in [0.1, 0.15) is 273 Å². The van der Waals surface area contributed by atoms with Gasteiger partial charge in [-0.15, -0.1) is 0 Å². The maximum Gasteiger partial charge on any atom is 0.409 e. The van der Waals surface area contributed by atoms with E-state index in [4.69, 9.17) is 9.47 Å². The van der Waals surface area contributed by atoms with E-state index < -0.39 is 0 Å².